The van der Waals surface area contributed by atoms with Crippen LogP contribution in [0.3, 0.4) is 0 Å². The average molecular weight is 215 g/mol. The van der Waals surface area contributed by atoms with Gasteiger partial charge in [0, 0.05) is 0 Å². The highest BCUT2D eigenvalue weighted by molar-refractivity contribution is 5.23. The fourth-order valence-electron chi connectivity index (χ4n) is 3.23. The molecule has 0 aliphatic heterocycles. The molecule has 1 aromatic rings. The van der Waals surface area contributed by atoms with E-state index in [1.165, 1.54) is 24.1 Å². The normalized spacial score (nSPS) is 35.5. The van der Waals surface area contributed by atoms with Gasteiger partial charge in [0.25, 0.3) is 0 Å². The van der Waals surface area contributed by atoms with Gasteiger partial charge in [-0.05, 0) is 55.2 Å². The van der Waals surface area contributed by atoms with Gasteiger partial charge in [-0.15, -0.1) is 0 Å². The van der Waals surface area contributed by atoms with E-state index in [-0.39, 0.29) is 11.2 Å². The Morgan fingerprint density at radius 3 is 2.69 bits per heavy atom. The Labute approximate surface area is 94.9 Å². The van der Waals surface area contributed by atoms with Crippen LogP contribution >= 0.6 is 0 Å². The molecule has 0 amide bonds. The van der Waals surface area contributed by atoms with E-state index in [0.29, 0.717) is 11.8 Å². The Kier molecular flexibility index (Phi) is 2.04. The van der Waals surface area contributed by atoms with Crippen LogP contribution in [0.1, 0.15) is 24.8 Å². The molecule has 1 nitrogen and oxygen atoms in total. The SMILES string of the molecule is N#CC12CC(Cc3ccc(F)cc3)CC1C2. The van der Waals surface area contributed by atoms with Crippen LogP contribution in [0.15, 0.2) is 24.3 Å². The van der Waals surface area contributed by atoms with Gasteiger partial charge < -0.3 is 0 Å². The zero-order valence-corrected chi connectivity index (χ0v) is 9.12. The molecular weight excluding hydrogens is 201 g/mol. The van der Waals surface area contributed by atoms with Gasteiger partial charge in [-0.1, -0.05) is 12.1 Å². The summed E-state index contributed by atoms with van der Waals surface area (Å²) in [5.74, 6) is 1.11. The van der Waals surface area contributed by atoms with E-state index in [2.05, 4.69) is 6.07 Å². The highest BCUT2D eigenvalue weighted by atomic mass is 19.1. The number of hydrogen-bond acceptors (Lipinski definition) is 1. The van der Waals surface area contributed by atoms with Gasteiger partial charge >= 0.3 is 0 Å². The molecule has 0 N–H and O–H groups in total. The van der Waals surface area contributed by atoms with Crippen molar-refractivity contribution in [2.75, 3.05) is 0 Å². The van der Waals surface area contributed by atoms with Crippen molar-refractivity contribution in [3.8, 4) is 6.07 Å². The summed E-state index contributed by atoms with van der Waals surface area (Å²) in [7, 11) is 0. The van der Waals surface area contributed by atoms with Gasteiger partial charge in [0.1, 0.15) is 5.82 Å². The highest BCUT2D eigenvalue weighted by Gasteiger charge is 2.60. The first kappa shape index (κ1) is 9.84. The fourth-order valence-corrected chi connectivity index (χ4v) is 3.23. The molecule has 3 rings (SSSR count). The Hall–Kier alpha value is -1.36. The monoisotopic (exact) mass is 215 g/mol. The van der Waals surface area contributed by atoms with Crippen molar-refractivity contribution in [1.82, 2.24) is 0 Å². The fraction of sp³-hybridized carbons (Fsp3) is 0.500. The molecule has 16 heavy (non-hydrogen) atoms. The molecule has 0 bridgehead atoms. The summed E-state index contributed by atoms with van der Waals surface area (Å²) in [4.78, 5) is 0. The molecule has 2 aliphatic carbocycles. The summed E-state index contributed by atoms with van der Waals surface area (Å²) in [6.07, 6.45) is 4.35. The molecule has 0 spiro atoms. The van der Waals surface area contributed by atoms with Crippen molar-refractivity contribution in [1.29, 1.82) is 5.26 Å². The lowest BCUT2D eigenvalue weighted by Gasteiger charge is -2.12. The summed E-state index contributed by atoms with van der Waals surface area (Å²) in [6.45, 7) is 0. The Balaban J connectivity index is 1.65. The lowest BCUT2D eigenvalue weighted by atomic mass is 9.92. The van der Waals surface area contributed by atoms with Crippen molar-refractivity contribution >= 4 is 0 Å². The second-order valence-electron chi connectivity index (χ2n) is 5.31. The number of benzene rings is 1. The van der Waals surface area contributed by atoms with Gasteiger partial charge in [0.15, 0.2) is 0 Å². The largest absolute Gasteiger partial charge is 0.207 e. The van der Waals surface area contributed by atoms with Gasteiger partial charge in [-0.2, -0.15) is 5.26 Å². The van der Waals surface area contributed by atoms with Crippen molar-refractivity contribution in [2.45, 2.75) is 25.7 Å². The van der Waals surface area contributed by atoms with Crippen molar-refractivity contribution < 1.29 is 4.39 Å². The first-order valence-corrected chi connectivity index (χ1v) is 5.87. The summed E-state index contributed by atoms with van der Waals surface area (Å²) < 4.78 is 12.7. The third-order valence-corrected chi connectivity index (χ3v) is 4.16. The maximum Gasteiger partial charge on any atom is 0.123 e. The molecule has 2 saturated carbocycles. The average Bonchev–Trinajstić information content (AvgIpc) is 2.86. The molecule has 0 aromatic heterocycles. The molecule has 3 atom stereocenters. The lowest BCUT2D eigenvalue weighted by molar-refractivity contribution is 0.462. The molecule has 82 valence electrons. The summed E-state index contributed by atoms with van der Waals surface area (Å²) in [5.41, 5.74) is 1.23. The van der Waals surface area contributed by atoms with Crippen LogP contribution < -0.4 is 0 Å². The topological polar surface area (TPSA) is 23.8 Å². The van der Waals surface area contributed by atoms with E-state index in [1.54, 1.807) is 0 Å². The quantitative estimate of drug-likeness (QED) is 0.742. The van der Waals surface area contributed by atoms with E-state index in [9.17, 15) is 4.39 Å². The van der Waals surface area contributed by atoms with Gasteiger partial charge in [0.05, 0.1) is 11.5 Å². The summed E-state index contributed by atoms with van der Waals surface area (Å²) in [5, 5.41) is 9.09. The number of nitrogens with zero attached hydrogens (tertiary/aromatic N) is 1. The van der Waals surface area contributed by atoms with Crippen LogP contribution in [0.4, 0.5) is 4.39 Å². The molecular formula is C14H14FN. The van der Waals surface area contributed by atoms with E-state index in [0.717, 1.165) is 19.3 Å². The number of hydrogen-bond donors (Lipinski definition) is 0. The maximum absolute atomic E-state index is 12.7. The minimum Gasteiger partial charge on any atom is -0.207 e. The van der Waals surface area contributed by atoms with Crippen LogP contribution in [0.25, 0.3) is 0 Å². The summed E-state index contributed by atoms with van der Waals surface area (Å²) >= 11 is 0. The van der Waals surface area contributed by atoms with Crippen LogP contribution in [-0.4, -0.2) is 0 Å². The van der Waals surface area contributed by atoms with Crippen molar-refractivity contribution in [2.24, 2.45) is 17.3 Å². The van der Waals surface area contributed by atoms with Gasteiger partial charge in [-0.3, -0.25) is 0 Å². The smallest absolute Gasteiger partial charge is 0.123 e. The number of rotatable bonds is 2. The molecule has 0 saturated heterocycles. The van der Waals surface area contributed by atoms with Crippen LogP contribution in [0.2, 0.25) is 0 Å². The predicted molar refractivity (Wildman–Crippen MR) is 59.0 cm³/mol. The second-order valence-corrected chi connectivity index (χ2v) is 5.31. The third kappa shape index (κ3) is 1.51. The number of halogens is 1. The van der Waals surface area contributed by atoms with E-state index in [4.69, 9.17) is 5.26 Å². The van der Waals surface area contributed by atoms with E-state index in [1.807, 2.05) is 12.1 Å². The van der Waals surface area contributed by atoms with Crippen LogP contribution in [0.5, 0.6) is 0 Å². The molecule has 0 heterocycles. The Morgan fingerprint density at radius 1 is 1.31 bits per heavy atom. The van der Waals surface area contributed by atoms with E-state index < -0.39 is 0 Å². The molecule has 3 unspecified atom stereocenters. The second kappa shape index (κ2) is 3.31. The van der Waals surface area contributed by atoms with Gasteiger partial charge in [0.2, 0.25) is 0 Å². The number of nitriles is 1. The Morgan fingerprint density at radius 2 is 2.06 bits per heavy atom. The maximum atomic E-state index is 12.7. The highest BCUT2D eigenvalue weighted by Crippen LogP contribution is 2.65. The molecule has 2 fully saturated rings. The van der Waals surface area contributed by atoms with Crippen LogP contribution in [0, 0.1) is 34.4 Å². The summed E-state index contributed by atoms with van der Waals surface area (Å²) in [6, 6.07) is 9.24. The van der Waals surface area contributed by atoms with E-state index >= 15 is 0 Å². The molecule has 1 aromatic carbocycles. The Bertz CT molecular complexity index is 445. The third-order valence-electron chi connectivity index (χ3n) is 4.16. The van der Waals surface area contributed by atoms with Crippen molar-refractivity contribution in [3.05, 3.63) is 35.6 Å². The molecule has 2 aliphatic rings. The zero-order chi connectivity index (χ0) is 11.2. The first-order valence-electron chi connectivity index (χ1n) is 5.87. The molecule has 0 radical (unpaired) electrons. The molecule has 2 heteroatoms. The van der Waals surface area contributed by atoms with Crippen molar-refractivity contribution in [3.63, 3.8) is 0 Å². The number of fused-ring (bicyclic) bond motifs is 1. The zero-order valence-electron chi connectivity index (χ0n) is 9.12. The standard InChI is InChI=1S/C14H14FN/c15-13-3-1-10(2-4-13)5-11-6-12-8-14(12,7-11)9-16/h1-4,11-12H,5-8H2. The lowest BCUT2D eigenvalue weighted by Crippen LogP contribution is -2.04. The predicted octanol–water partition coefficient (Wildman–Crippen LogP) is 3.31. The van der Waals surface area contributed by atoms with Crippen LogP contribution in [-0.2, 0) is 6.42 Å². The minimum absolute atomic E-state index is 0.0324. The van der Waals surface area contributed by atoms with Gasteiger partial charge in [-0.25, -0.2) is 4.39 Å². The minimum atomic E-state index is -0.175. The first-order chi connectivity index (χ1) is 7.72.